The van der Waals surface area contributed by atoms with Crippen LogP contribution in [-0.4, -0.2) is 18.3 Å². The Morgan fingerprint density at radius 1 is 1.05 bits per heavy atom. The first kappa shape index (κ1) is 14.5. The molecule has 0 atom stereocenters. The molecule has 3 heteroatoms. The molecule has 0 amide bonds. The lowest BCUT2D eigenvalue weighted by atomic mass is 10.1. The largest absolute Gasteiger partial charge is 0.456 e. The van der Waals surface area contributed by atoms with Crippen molar-refractivity contribution in [2.75, 3.05) is 13.2 Å². The van der Waals surface area contributed by atoms with Crippen molar-refractivity contribution in [2.45, 2.75) is 13.3 Å². The lowest BCUT2D eigenvalue weighted by Gasteiger charge is -2.04. The topological polar surface area (TPSA) is 47.3 Å². The van der Waals surface area contributed by atoms with Crippen LogP contribution < -0.4 is 10.3 Å². The van der Waals surface area contributed by atoms with Crippen LogP contribution in [0.3, 0.4) is 0 Å². The van der Waals surface area contributed by atoms with Gasteiger partial charge in [0.15, 0.2) is 6.54 Å². The van der Waals surface area contributed by atoms with E-state index in [2.05, 4.69) is 24.0 Å². The monoisotopic (exact) mass is 294 g/mol. The molecule has 22 heavy (non-hydrogen) atoms. The van der Waals surface area contributed by atoms with Crippen LogP contribution in [0.5, 0.6) is 0 Å². The van der Waals surface area contributed by atoms with Gasteiger partial charge in [-0.15, -0.1) is 0 Å². The highest BCUT2D eigenvalue weighted by Gasteiger charge is 2.09. The standard InChI is InChI=1S/C19H19NO2/c1-2-14-8-9-18-16(12-14)17(20-10-11-21)13-19(22-18)15-6-4-3-5-7-15/h3-9,12-13,21H,2,10-11H2,1H3/p+1. The van der Waals surface area contributed by atoms with Crippen LogP contribution in [0.15, 0.2) is 59.0 Å². The quantitative estimate of drug-likeness (QED) is 0.768. The van der Waals surface area contributed by atoms with Crippen molar-refractivity contribution in [1.29, 1.82) is 0 Å². The Labute approximate surface area is 129 Å². The summed E-state index contributed by atoms with van der Waals surface area (Å²) in [5.74, 6) is 0.817. The molecule has 0 aliphatic heterocycles. The number of aliphatic hydroxyl groups excluding tert-OH is 1. The SMILES string of the molecule is CCc1ccc2oc(-c3ccccc3)cc(=[NH+]CCO)c2c1. The first-order chi connectivity index (χ1) is 10.8. The lowest BCUT2D eigenvalue weighted by molar-refractivity contribution is -0.501. The highest BCUT2D eigenvalue weighted by Crippen LogP contribution is 2.22. The summed E-state index contributed by atoms with van der Waals surface area (Å²) >= 11 is 0. The van der Waals surface area contributed by atoms with Gasteiger partial charge in [0.1, 0.15) is 18.0 Å². The Bertz CT molecular complexity index is 835. The van der Waals surface area contributed by atoms with Crippen molar-refractivity contribution in [3.05, 3.63) is 65.5 Å². The summed E-state index contributed by atoms with van der Waals surface area (Å²) in [6.45, 7) is 2.75. The van der Waals surface area contributed by atoms with Crippen LogP contribution >= 0.6 is 0 Å². The Balaban J connectivity index is 2.25. The second-order valence-electron chi connectivity index (χ2n) is 5.22. The third-order valence-electron chi connectivity index (χ3n) is 3.72. The predicted molar refractivity (Wildman–Crippen MR) is 87.1 cm³/mol. The van der Waals surface area contributed by atoms with E-state index in [-0.39, 0.29) is 6.61 Å². The van der Waals surface area contributed by atoms with Crippen LogP contribution in [0, 0.1) is 0 Å². The molecule has 112 valence electrons. The molecule has 0 fully saturated rings. The van der Waals surface area contributed by atoms with Gasteiger partial charge in [0.05, 0.1) is 11.5 Å². The van der Waals surface area contributed by atoms with Crippen LogP contribution in [0.1, 0.15) is 12.5 Å². The smallest absolute Gasteiger partial charge is 0.213 e. The van der Waals surface area contributed by atoms with E-state index in [1.54, 1.807) is 0 Å². The molecule has 0 unspecified atom stereocenters. The van der Waals surface area contributed by atoms with Gasteiger partial charge in [0.25, 0.3) is 0 Å². The van der Waals surface area contributed by atoms with Crippen molar-refractivity contribution < 1.29 is 14.5 Å². The van der Waals surface area contributed by atoms with Crippen molar-refractivity contribution in [3.63, 3.8) is 0 Å². The van der Waals surface area contributed by atoms with Gasteiger partial charge < -0.3 is 9.52 Å². The molecule has 2 N–H and O–H groups in total. The van der Waals surface area contributed by atoms with Gasteiger partial charge in [-0.25, -0.2) is 4.99 Å². The number of aliphatic hydroxyl groups is 1. The summed E-state index contributed by atoms with van der Waals surface area (Å²) in [4.78, 5) is 3.29. The molecule has 0 saturated carbocycles. The average molecular weight is 294 g/mol. The zero-order chi connectivity index (χ0) is 15.4. The minimum Gasteiger partial charge on any atom is -0.456 e. The number of rotatable bonds is 4. The zero-order valence-electron chi connectivity index (χ0n) is 12.7. The molecule has 1 aromatic heterocycles. The van der Waals surface area contributed by atoms with E-state index in [1.165, 1.54) is 5.56 Å². The molecular weight excluding hydrogens is 274 g/mol. The second kappa shape index (κ2) is 6.58. The normalized spacial score (nSPS) is 12.0. The maximum Gasteiger partial charge on any atom is 0.213 e. The van der Waals surface area contributed by atoms with E-state index < -0.39 is 0 Å². The van der Waals surface area contributed by atoms with Crippen molar-refractivity contribution in [1.82, 2.24) is 0 Å². The maximum atomic E-state index is 9.10. The Kier molecular flexibility index (Phi) is 4.35. The minimum absolute atomic E-state index is 0.0989. The van der Waals surface area contributed by atoms with Gasteiger partial charge >= 0.3 is 0 Å². The van der Waals surface area contributed by atoms with E-state index in [4.69, 9.17) is 9.52 Å². The number of aryl methyl sites for hydroxylation is 1. The van der Waals surface area contributed by atoms with E-state index in [0.29, 0.717) is 6.54 Å². The zero-order valence-corrected chi connectivity index (χ0v) is 12.7. The Morgan fingerprint density at radius 3 is 2.59 bits per heavy atom. The predicted octanol–water partition coefficient (Wildman–Crippen LogP) is 1.64. The summed E-state index contributed by atoms with van der Waals surface area (Å²) in [5.41, 5.74) is 3.15. The third-order valence-corrected chi connectivity index (χ3v) is 3.72. The van der Waals surface area contributed by atoms with E-state index in [9.17, 15) is 0 Å². The fourth-order valence-electron chi connectivity index (χ4n) is 2.53. The molecule has 0 radical (unpaired) electrons. The first-order valence-electron chi connectivity index (χ1n) is 7.61. The summed E-state index contributed by atoms with van der Waals surface area (Å²) < 4.78 is 6.07. The summed E-state index contributed by atoms with van der Waals surface area (Å²) in [6.07, 6.45) is 0.982. The minimum atomic E-state index is 0.0989. The van der Waals surface area contributed by atoms with Gasteiger partial charge in [-0.2, -0.15) is 0 Å². The van der Waals surface area contributed by atoms with E-state index >= 15 is 0 Å². The average Bonchev–Trinajstić information content (AvgIpc) is 2.59. The molecule has 0 saturated heterocycles. The van der Waals surface area contributed by atoms with E-state index in [0.717, 1.165) is 34.1 Å². The maximum absolute atomic E-state index is 9.10. The second-order valence-corrected chi connectivity index (χ2v) is 5.22. The van der Waals surface area contributed by atoms with Gasteiger partial charge in [-0.05, 0) is 24.1 Å². The van der Waals surface area contributed by atoms with E-state index in [1.807, 2.05) is 42.5 Å². The number of nitrogens with one attached hydrogen (secondary N) is 1. The highest BCUT2D eigenvalue weighted by atomic mass is 16.3. The molecular formula is C19H20NO2+. The number of hydrogen-bond donors (Lipinski definition) is 2. The van der Waals surface area contributed by atoms with Crippen molar-refractivity contribution in [2.24, 2.45) is 0 Å². The highest BCUT2D eigenvalue weighted by molar-refractivity contribution is 5.78. The number of benzene rings is 2. The first-order valence-corrected chi connectivity index (χ1v) is 7.61. The van der Waals surface area contributed by atoms with Crippen LogP contribution in [0.4, 0.5) is 0 Å². The van der Waals surface area contributed by atoms with Crippen LogP contribution in [0.25, 0.3) is 22.3 Å². The molecule has 2 aromatic carbocycles. The fraction of sp³-hybridized carbons (Fsp3) is 0.211. The number of fused-ring (bicyclic) bond motifs is 1. The molecule has 0 aliphatic rings. The molecule has 0 aliphatic carbocycles. The molecule has 0 bridgehead atoms. The van der Waals surface area contributed by atoms with Gasteiger partial charge in [0, 0.05) is 5.56 Å². The van der Waals surface area contributed by atoms with Crippen LogP contribution in [0.2, 0.25) is 0 Å². The lowest BCUT2D eigenvalue weighted by Crippen LogP contribution is -2.77. The van der Waals surface area contributed by atoms with Gasteiger partial charge in [0.2, 0.25) is 5.36 Å². The molecule has 3 aromatic rings. The molecule has 0 spiro atoms. The van der Waals surface area contributed by atoms with Gasteiger partial charge in [-0.3, -0.25) is 0 Å². The van der Waals surface area contributed by atoms with Gasteiger partial charge in [-0.1, -0.05) is 43.3 Å². The summed E-state index contributed by atoms with van der Waals surface area (Å²) in [7, 11) is 0. The third kappa shape index (κ3) is 2.95. The van der Waals surface area contributed by atoms with Crippen molar-refractivity contribution in [3.8, 4) is 11.3 Å². The Morgan fingerprint density at radius 2 is 1.86 bits per heavy atom. The molecule has 3 nitrogen and oxygen atoms in total. The van der Waals surface area contributed by atoms with Crippen molar-refractivity contribution >= 4 is 11.0 Å². The summed E-state index contributed by atoms with van der Waals surface area (Å²) in [6, 6.07) is 18.3. The molecule has 3 rings (SSSR count). The summed E-state index contributed by atoms with van der Waals surface area (Å²) in [5, 5.41) is 11.1. The fourth-order valence-corrected chi connectivity index (χ4v) is 2.53. The number of hydrogen-bond acceptors (Lipinski definition) is 2. The molecule has 1 heterocycles. The van der Waals surface area contributed by atoms with Crippen LogP contribution in [-0.2, 0) is 6.42 Å². The Hall–Kier alpha value is -2.39.